The summed E-state index contributed by atoms with van der Waals surface area (Å²) in [5.74, 6) is 0. The maximum Gasteiger partial charge on any atom is 0.120 e. The van der Waals surface area contributed by atoms with E-state index in [1.165, 1.54) is 7.11 Å². The van der Waals surface area contributed by atoms with Crippen LogP contribution in [0.1, 0.15) is 16.7 Å². The van der Waals surface area contributed by atoms with Crippen LogP contribution in [0.25, 0.3) is 10.9 Å². The zero-order valence-electron chi connectivity index (χ0n) is 12.3. The van der Waals surface area contributed by atoms with Crippen molar-refractivity contribution in [3.05, 3.63) is 76.4 Å². The molecule has 1 heterocycles. The molecule has 0 fully saturated rings. The predicted molar refractivity (Wildman–Crippen MR) is 90.6 cm³/mol. The molecule has 0 atom stereocenters. The summed E-state index contributed by atoms with van der Waals surface area (Å²) < 4.78 is 0. The minimum atomic E-state index is 0.359. The van der Waals surface area contributed by atoms with Crippen molar-refractivity contribution in [2.75, 3.05) is 7.11 Å². The van der Waals surface area contributed by atoms with Crippen LogP contribution in [0, 0.1) is 11.3 Å². The number of pyridine rings is 1. The van der Waals surface area contributed by atoms with E-state index in [1.54, 1.807) is 24.4 Å². The van der Waals surface area contributed by atoms with Crippen molar-refractivity contribution in [1.29, 1.82) is 5.26 Å². The lowest BCUT2D eigenvalue weighted by Crippen LogP contribution is -2.07. The van der Waals surface area contributed by atoms with Crippen LogP contribution in [0.3, 0.4) is 0 Å². The third-order valence-corrected chi connectivity index (χ3v) is 3.74. The quantitative estimate of drug-likeness (QED) is 0.537. The third kappa shape index (κ3) is 2.87. The summed E-state index contributed by atoms with van der Waals surface area (Å²) in [6.45, 7) is 0. The molecule has 23 heavy (non-hydrogen) atoms. The fraction of sp³-hybridized carbons (Fsp3) is 0.0556. The number of aromatic nitrogens is 1. The van der Waals surface area contributed by atoms with Crippen LogP contribution in [0.2, 0.25) is 5.02 Å². The molecular weight excluding hydrogens is 310 g/mol. The Morgan fingerprint density at radius 3 is 2.83 bits per heavy atom. The Hall–Kier alpha value is -2.90. The van der Waals surface area contributed by atoms with Gasteiger partial charge in [-0.05, 0) is 18.2 Å². The Bertz CT molecular complexity index is 944. The van der Waals surface area contributed by atoms with Gasteiger partial charge in [-0.3, -0.25) is 4.98 Å². The minimum Gasteiger partial charge on any atom is -0.399 e. The fourth-order valence-corrected chi connectivity index (χ4v) is 2.60. The first-order valence-electron chi connectivity index (χ1n) is 6.90. The van der Waals surface area contributed by atoms with Gasteiger partial charge in [0.05, 0.1) is 16.1 Å². The largest absolute Gasteiger partial charge is 0.399 e. The number of hydrogen-bond acceptors (Lipinski definition) is 4. The smallest absolute Gasteiger partial charge is 0.120 e. The summed E-state index contributed by atoms with van der Waals surface area (Å²) in [5, 5.41) is 14.8. The first-order chi connectivity index (χ1) is 11.2. The number of halogens is 1. The van der Waals surface area contributed by atoms with Crippen LogP contribution in [0.15, 0.2) is 59.9 Å². The molecule has 0 amide bonds. The molecule has 0 aliphatic heterocycles. The number of benzene rings is 2. The predicted octanol–water partition coefficient (Wildman–Crippen LogP) is 4.16. The highest BCUT2D eigenvalue weighted by atomic mass is 35.5. The number of nitriles is 1. The SMILES string of the molecule is CON=C(c1cnc2ccccc2c1)c1cccc(Cl)c1C#N. The van der Waals surface area contributed by atoms with Crippen molar-refractivity contribution in [2.45, 2.75) is 0 Å². The normalized spacial score (nSPS) is 11.3. The van der Waals surface area contributed by atoms with Crippen LogP contribution in [0.4, 0.5) is 0 Å². The van der Waals surface area contributed by atoms with Crippen molar-refractivity contribution in [1.82, 2.24) is 4.98 Å². The number of para-hydroxylation sites is 1. The van der Waals surface area contributed by atoms with E-state index >= 15 is 0 Å². The van der Waals surface area contributed by atoms with E-state index in [0.717, 1.165) is 16.5 Å². The summed E-state index contributed by atoms with van der Waals surface area (Å²) in [6.07, 6.45) is 1.71. The Kier molecular flexibility index (Phi) is 4.22. The maximum atomic E-state index is 9.39. The monoisotopic (exact) mass is 321 g/mol. The van der Waals surface area contributed by atoms with Gasteiger partial charge in [-0.1, -0.05) is 47.1 Å². The minimum absolute atomic E-state index is 0.359. The Morgan fingerprint density at radius 2 is 2.04 bits per heavy atom. The number of oxime groups is 1. The molecule has 3 rings (SSSR count). The summed E-state index contributed by atoms with van der Waals surface area (Å²) in [7, 11) is 1.46. The Balaban J connectivity index is 2.21. The van der Waals surface area contributed by atoms with E-state index < -0.39 is 0 Å². The van der Waals surface area contributed by atoms with Crippen LogP contribution in [-0.4, -0.2) is 17.8 Å². The summed E-state index contributed by atoms with van der Waals surface area (Å²) in [5.41, 5.74) is 3.13. The van der Waals surface area contributed by atoms with Crippen LogP contribution < -0.4 is 0 Å². The molecular formula is C18H12ClN3O. The first-order valence-corrected chi connectivity index (χ1v) is 7.27. The van der Waals surface area contributed by atoms with E-state index in [2.05, 4.69) is 16.2 Å². The van der Waals surface area contributed by atoms with Gasteiger partial charge in [-0.25, -0.2) is 0 Å². The molecule has 5 heteroatoms. The molecule has 0 unspecified atom stereocenters. The number of nitrogens with zero attached hydrogens (tertiary/aromatic N) is 3. The lowest BCUT2D eigenvalue weighted by molar-refractivity contribution is 0.214. The average Bonchev–Trinajstić information content (AvgIpc) is 2.59. The van der Waals surface area contributed by atoms with Gasteiger partial charge in [0.2, 0.25) is 0 Å². The molecule has 0 aliphatic rings. The zero-order valence-corrected chi connectivity index (χ0v) is 13.1. The summed E-state index contributed by atoms with van der Waals surface area (Å²) in [4.78, 5) is 9.41. The Morgan fingerprint density at radius 1 is 1.22 bits per heavy atom. The van der Waals surface area contributed by atoms with Gasteiger partial charge in [-0.15, -0.1) is 0 Å². The maximum absolute atomic E-state index is 9.39. The summed E-state index contributed by atoms with van der Waals surface area (Å²) >= 11 is 6.12. The van der Waals surface area contributed by atoms with E-state index in [1.807, 2.05) is 30.3 Å². The van der Waals surface area contributed by atoms with Gasteiger partial charge in [0.15, 0.2) is 0 Å². The fourth-order valence-electron chi connectivity index (χ4n) is 2.38. The highest BCUT2D eigenvalue weighted by molar-refractivity contribution is 6.32. The molecule has 0 radical (unpaired) electrons. The molecule has 0 bridgehead atoms. The van der Waals surface area contributed by atoms with Gasteiger partial charge in [0.25, 0.3) is 0 Å². The lowest BCUT2D eigenvalue weighted by atomic mass is 9.98. The second-order valence-corrected chi connectivity index (χ2v) is 5.22. The molecule has 0 saturated heterocycles. The van der Waals surface area contributed by atoms with Crippen molar-refractivity contribution in [3.63, 3.8) is 0 Å². The van der Waals surface area contributed by atoms with Crippen molar-refractivity contribution < 1.29 is 4.84 Å². The van der Waals surface area contributed by atoms with Crippen LogP contribution >= 0.6 is 11.6 Å². The van der Waals surface area contributed by atoms with Gasteiger partial charge < -0.3 is 4.84 Å². The van der Waals surface area contributed by atoms with Crippen LogP contribution in [-0.2, 0) is 4.84 Å². The van der Waals surface area contributed by atoms with Gasteiger partial charge >= 0.3 is 0 Å². The number of hydrogen-bond donors (Lipinski definition) is 0. The first kappa shape index (κ1) is 15.0. The van der Waals surface area contributed by atoms with Gasteiger partial charge in [0, 0.05) is 22.7 Å². The topological polar surface area (TPSA) is 58.3 Å². The van der Waals surface area contributed by atoms with Crippen LogP contribution in [0.5, 0.6) is 0 Å². The number of rotatable bonds is 3. The summed E-state index contributed by atoms with van der Waals surface area (Å²) in [6, 6.07) is 17.1. The molecule has 112 valence electrons. The molecule has 0 saturated carbocycles. The molecule has 1 aromatic heterocycles. The van der Waals surface area contributed by atoms with Gasteiger partial charge in [0.1, 0.15) is 18.9 Å². The Labute approximate surface area is 138 Å². The van der Waals surface area contributed by atoms with E-state index in [9.17, 15) is 5.26 Å². The highest BCUT2D eigenvalue weighted by Gasteiger charge is 2.16. The van der Waals surface area contributed by atoms with Crippen molar-refractivity contribution in [2.24, 2.45) is 5.16 Å². The molecule has 0 N–H and O–H groups in total. The molecule has 2 aromatic carbocycles. The lowest BCUT2D eigenvalue weighted by Gasteiger charge is -2.09. The molecule has 0 aliphatic carbocycles. The molecule has 4 nitrogen and oxygen atoms in total. The average molecular weight is 322 g/mol. The molecule has 3 aromatic rings. The molecule has 0 spiro atoms. The standard InChI is InChI=1S/C18H12ClN3O/c1-23-22-18(14-6-4-7-16(19)15(14)10-20)13-9-12-5-2-3-8-17(12)21-11-13/h2-9,11H,1H3. The van der Waals surface area contributed by atoms with Crippen molar-refractivity contribution >= 4 is 28.2 Å². The van der Waals surface area contributed by atoms with E-state index in [0.29, 0.717) is 21.9 Å². The third-order valence-electron chi connectivity index (χ3n) is 3.43. The van der Waals surface area contributed by atoms with Gasteiger partial charge in [-0.2, -0.15) is 5.26 Å². The second kappa shape index (κ2) is 6.47. The van der Waals surface area contributed by atoms with E-state index in [-0.39, 0.29) is 0 Å². The number of fused-ring (bicyclic) bond motifs is 1. The highest BCUT2D eigenvalue weighted by Crippen LogP contribution is 2.23. The van der Waals surface area contributed by atoms with E-state index in [4.69, 9.17) is 16.4 Å². The van der Waals surface area contributed by atoms with Crippen molar-refractivity contribution in [3.8, 4) is 6.07 Å². The second-order valence-electron chi connectivity index (χ2n) is 4.81. The zero-order chi connectivity index (χ0) is 16.2.